The van der Waals surface area contributed by atoms with Gasteiger partial charge in [-0.2, -0.15) is 5.26 Å². The van der Waals surface area contributed by atoms with E-state index in [1.165, 1.54) is 4.90 Å². The molecule has 2 unspecified atom stereocenters. The molecule has 31 heavy (non-hydrogen) atoms. The molecule has 1 aromatic carbocycles. The summed E-state index contributed by atoms with van der Waals surface area (Å²) < 4.78 is 5.52. The van der Waals surface area contributed by atoms with Crippen LogP contribution in [0.25, 0.3) is 0 Å². The molecule has 0 aliphatic carbocycles. The zero-order valence-electron chi connectivity index (χ0n) is 18.5. The molecule has 0 bridgehead atoms. The van der Waals surface area contributed by atoms with E-state index in [1.807, 2.05) is 44.2 Å². The number of amides is 3. The van der Waals surface area contributed by atoms with Crippen molar-refractivity contribution in [2.45, 2.75) is 64.6 Å². The molecule has 2 rings (SSSR count). The molecule has 1 fully saturated rings. The Morgan fingerprint density at radius 1 is 1.32 bits per heavy atom. The quantitative estimate of drug-likeness (QED) is 0.661. The van der Waals surface area contributed by atoms with Crippen LogP contribution in [0.4, 0.5) is 4.79 Å². The van der Waals surface area contributed by atoms with Crippen LogP contribution in [-0.2, 0) is 20.9 Å². The lowest BCUT2D eigenvalue weighted by molar-refractivity contribution is -0.146. The molecule has 2 N–H and O–H groups in total. The number of hydrogen-bond donors (Lipinski definition) is 2. The van der Waals surface area contributed by atoms with Gasteiger partial charge in [0.2, 0.25) is 5.91 Å². The van der Waals surface area contributed by atoms with E-state index >= 15 is 0 Å². The Labute approximate surface area is 183 Å². The number of nitrogens with zero attached hydrogens (tertiary/aromatic N) is 2. The fraction of sp³-hybridized carbons (Fsp3) is 0.565. The molecule has 0 saturated carbocycles. The highest BCUT2D eigenvalue weighted by Crippen LogP contribution is 2.26. The average Bonchev–Trinajstić information content (AvgIpc) is 2.95. The van der Waals surface area contributed by atoms with Crippen LogP contribution in [0.15, 0.2) is 30.3 Å². The number of benzene rings is 1. The first-order valence-electron chi connectivity index (χ1n) is 10.8. The molecule has 1 aliphatic heterocycles. The fourth-order valence-corrected chi connectivity index (χ4v) is 3.76. The molecule has 8 nitrogen and oxygen atoms in total. The highest BCUT2D eigenvalue weighted by molar-refractivity contribution is 5.85. The van der Waals surface area contributed by atoms with Gasteiger partial charge in [-0.05, 0) is 37.7 Å². The highest BCUT2D eigenvalue weighted by Gasteiger charge is 2.43. The van der Waals surface area contributed by atoms with Gasteiger partial charge in [-0.25, -0.2) is 4.79 Å². The second kappa shape index (κ2) is 11.3. The molecule has 168 valence electrons. The zero-order valence-corrected chi connectivity index (χ0v) is 18.5. The van der Waals surface area contributed by atoms with Crippen LogP contribution in [0.5, 0.6) is 0 Å². The van der Waals surface area contributed by atoms with Gasteiger partial charge < -0.3 is 20.3 Å². The van der Waals surface area contributed by atoms with E-state index in [0.717, 1.165) is 5.56 Å². The summed E-state index contributed by atoms with van der Waals surface area (Å²) in [5.74, 6) is -0.443. The Balaban J connectivity index is 2.14. The lowest BCUT2D eigenvalue weighted by atomic mass is 9.91. The molecule has 0 spiro atoms. The summed E-state index contributed by atoms with van der Waals surface area (Å²) in [6.45, 7) is 6.28. The minimum absolute atomic E-state index is 0.0660. The molecular weight excluding hydrogens is 396 g/mol. The first-order chi connectivity index (χ1) is 14.8. The molecule has 1 heterocycles. The summed E-state index contributed by atoms with van der Waals surface area (Å²) in [6.07, 6.45) is -0.142. The van der Waals surface area contributed by atoms with Crippen LogP contribution in [0.3, 0.4) is 0 Å². The number of nitriles is 1. The Morgan fingerprint density at radius 2 is 2.03 bits per heavy atom. The van der Waals surface area contributed by atoms with E-state index in [0.29, 0.717) is 25.7 Å². The molecule has 3 amide bonds. The normalized spacial score (nSPS) is 19.5. The number of ether oxygens (including phenoxy) is 1. The zero-order chi connectivity index (χ0) is 22.9. The molecular formula is C23H32N4O4. The van der Waals surface area contributed by atoms with Gasteiger partial charge in [0, 0.05) is 19.5 Å². The number of carbonyl (C=O) groups is 3. The summed E-state index contributed by atoms with van der Waals surface area (Å²) >= 11 is 0. The Morgan fingerprint density at radius 3 is 2.65 bits per heavy atom. The molecule has 1 aliphatic rings. The van der Waals surface area contributed by atoms with Gasteiger partial charge in [-0.3, -0.25) is 9.59 Å². The van der Waals surface area contributed by atoms with Gasteiger partial charge in [-0.15, -0.1) is 0 Å². The third-order valence-corrected chi connectivity index (χ3v) is 5.37. The minimum atomic E-state index is -1.16. The molecule has 2 atom stereocenters. The van der Waals surface area contributed by atoms with Gasteiger partial charge in [0.15, 0.2) is 6.10 Å². The van der Waals surface area contributed by atoms with Crippen molar-refractivity contribution in [2.75, 3.05) is 13.1 Å². The van der Waals surface area contributed by atoms with Crippen molar-refractivity contribution in [1.82, 2.24) is 15.5 Å². The summed E-state index contributed by atoms with van der Waals surface area (Å²) in [4.78, 5) is 39.1. The van der Waals surface area contributed by atoms with Crippen molar-refractivity contribution in [3.8, 4) is 6.07 Å². The Kier molecular flexibility index (Phi) is 8.86. The minimum Gasteiger partial charge on any atom is -0.436 e. The molecule has 8 heteroatoms. The second-order valence-electron chi connectivity index (χ2n) is 8.22. The monoisotopic (exact) mass is 428 g/mol. The molecule has 1 aromatic rings. The summed E-state index contributed by atoms with van der Waals surface area (Å²) in [7, 11) is 0. The van der Waals surface area contributed by atoms with Crippen LogP contribution >= 0.6 is 0 Å². The number of hydrogen-bond acceptors (Lipinski definition) is 5. The largest absolute Gasteiger partial charge is 0.436 e. The second-order valence-corrected chi connectivity index (χ2v) is 8.22. The predicted molar refractivity (Wildman–Crippen MR) is 116 cm³/mol. The first-order valence-corrected chi connectivity index (χ1v) is 10.8. The Hall–Kier alpha value is -3.08. The van der Waals surface area contributed by atoms with Crippen molar-refractivity contribution in [2.24, 2.45) is 5.92 Å². The fourth-order valence-electron chi connectivity index (χ4n) is 3.76. The van der Waals surface area contributed by atoms with Gasteiger partial charge >= 0.3 is 6.09 Å². The van der Waals surface area contributed by atoms with Gasteiger partial charge in [-0.1, -0.05) is 44.2 Å². The number of alkyl carbamates (subject to hydrolysis) is 1. The van der Waals surface area contributed by atoms with Crippen LogP contribution in [-0.4, -0.2) is 47.5 Å². The number of carbonyl (C=O) groups excluding carboxylic acids is 3. The third-order valence-electron chi connectivity index (χ3n) is 5.37. The number of likely N-dealkylation sites (N-methyl/N-ethyl adjacent to an activating group) is 1. The molecule has 1 saturated heterocycles. The first kappa shape index (κ1) is 24.2. The van der Waals surface area contributed by atoms with Crippen molar-refractivity contribution < 1.29 is 19.1 Å². The van der Waals surface area contributed by atoms with E-state index in [4.69, 9.17) is 4.74 Å². The van der Waals surface area contributed by atoms with E-state index in [1.54, 1.807) is 6.92 Å². The number of rotatable bonds is 8. The van der Waals surface area contributed by atoms with Crippen molar-refractivity contribution >= 4 is 17.9 Å². The van der Waals surface area contributed by atoms with Crippen LogP contribution < -0.4 is 10.6 Å². The predicted octanol–water partition coefficient (Wildman–Crippen LogP) is 2.74. The van der Waals surface area contributed by atoms with E-state index < -0.39 is 23.6 Å². The van der Waals surface area contributed by atoms with Crippen LogP contribution in [0, 0.1) is 17.2 Å². The highest BCUT2D eigenvalue weighted by atomic mass is 16.6. The third kappa shape index (κ3) is 6.71. The van der Waals surface area contributed by atoms with E-state index in [9.17, 15) is 19.6 Å². The van der Waals surface area contributed by atoms with Crippen LogP contribution in [0.2, 0.25) is 0 Å². The summed E-state index contributed by atoms with van der Waals surface area (Å²) in [6, 6.07) is 11.7. The topological polar surface area (TPSA) is 112 Å². The smallest absolute Gasteiger partial charge is 0.408 e. The van der Waals surface area contributed by atoms with E-state index in [-0.39, 0.29) is 31.5 Å². The van der Waals surface area contributed by atoms with Gasteiger partial charge in [0.05, 0.1) is 12.6 Å². The average molecular weight is 429 g/mol. The van der Waals surface area contributed by atoms with Crippen molar-refractivity contribution in [3.63, 3.8) is 0 Å². The Bertz CT molecular complexity index is 806. The van der Waals surface area contributed by atoms with Gasteiger partial charge in [0.1, 0.15) is 5.54 Å². The SMILES string of the molecule is CCN(C(=O)C(CC(C)C)OC(=O)NCc1ccccc1)C1(C#N)CCCC(=O)NC1. The van der Waals surface area contributed by atoms with Crippen LogP contribution in [0.1, 0.15) is 52.0 Å². The lowest BCUT2D eigenvalue weighted by Gasteiger charge is -2.39. The summed E-state index contributed by atoms with van der Waals surface area (Å²) in [5.41, 5.74) is -0.240. The molecule has 0 radical (unpaired) electrons. The van der Waals surface area contributed by atoms with Crippen molar-refractivity contribution in [3.05, 3.63) is 35.9 Å². The van der Waals surface area contributed by atoms with E-state index in [2.05, 4.69) is 16.7 Å². The van der Waals surface area contributed by atoms with Crippen molar-refractivity contribution in [1.29, 1.82) is 5.26 Å². The molecule has 0 aromatic heterocycles. The maximum absolute atomic E-state index is 13.4. The lowest BCUT2D eigenvalue weighted by Crippen LogP contribution is -2.59. The number of nitrogens with one attached hydrogen (secondary N) is 2. The maximum Gasteiger partial charge on any atom is 0.408 e. The van der Waals surface area contributed by atoms with Gasteiger partial charge in [0.25, 0.3) is 5.91 Å². The maximum atomic E-state index is 13.4. The summed E-state index contributed by atoms with van der Waals surface area (Å²) in [5, 5.41) is 15.4. The standard InChI is InChI=1S/C23H32N4O4/c1-4-27(23(15-24)12-8-11-20(28)26-16-23)21(29)19(13-17(2)3)31-22(30)25-14-18-9-6-5-7-10-18/h5-7,9-10,17,19H,4,8,11-14,16H2,1-3H3,(H,25,30)(H,26,28).